The van der Waals surface area contributed by atoms with E-state index in [1.54, 1.807) is 0 Å². The van der Waals surface area contributed by atoms with Gasteiger partial charge in [0, 0.05) is 36.9 Å². The average Bonchev–Trinajstić information content (AvgIpc) is 3.15. The van der Waals surface area contributed by atoms with Gasteiger partial charge in [0.05, 0.1) is 5.92 Å². The molecule has 1 aromatic rings. The first-order chi connectivity index (χ1) is 12.0. The normalized spacial score (nSPS) is 32.2. The van der Waals surface area contributed by atoms with Gasteiger partial charge in [-0.2, -0.15) is 0 Å². The molecule has 1 aromatic heterocycles. The number of amides is 1. The topological polar surface area (TPSA) is 84.1 Å². The maximum absolute atomic E-state index is 12.7. The molecule has 25 heavy (non-hydrogen) atoms. The molecule has 3 aliphatic rings. The number of carbonyl (C=O) groups excluding carboxylic acids is 1. The van der Waals surface area contributed by atoms with E-state index in [0.29, 0.717) is 11.8 Å². The number of fused-ring (bicyclic) bond motifs is 2. The summed E-state index contributed by atoms with van der Waals surface area (Å²) in [5.41, 5.74) is 7.32. The van der Waals surface area contributed by atoms with E-state index in [1.165, 1.54) is 12.8 Å². The number of hydrogen-bond acceptors (Lipinski definition) is 5. The van der Waals surface area contributed by atoms with Crippen molar-refractivity contribution in [2.45, 2.75) is 58.0 Å². The Labute approximate surface area is 149 Å². The highest BCUT2D eigenvalue weighted by atomic mass is 16.2. The Morgan fingerprint density at radius 1 is 1.16 bits per heavy atom. The van der Waals surface area contributed by atoms with E-state index in [0.717, 1.165) is 49.7 Å². The first-order valence-corrected chi connectivity index (χ1v) is 9.64. The molecule has 1 amide bonds. The molecule has 1 saturated heterocycles. The molecule has 0 radical (unpaired) electrons. The van der Waals surface area contributed by atoms with Crippen molar-refractivity contribution < 1.29 is 4.79 Å². The van der Waals surface area contributed by atoms with Crippen LogP contribution in [0.25, 0.3) is 0 Å². The van der Waals surface area contributed by atoms with Crippen LogP contribution in [-0.2, 0) is 4.79 Å². The van der Waals surface area contributed by atoms with Gasteiger partial charge in [-0.05, 0) is 57.8 Å². The Morgan fingerprint density at radius 3 is 2.52 bits per heavy atom. The summed E-state index contributed by atoms with van der Waals surface area (Å²) in [5.74, 6) is 3.16. The number of nitrogens with two attached hydrogens (primary N) is 1. The number of nitrogens with zero attached hydrogens (tertiary/aromatic N) is 3. The summed E-state index contributed by atoms with van der Waals surface area (Å²) in [6, 6.07) is 2.38. The summed E-state index contributed by atoms with van der Waals surface area (Å²) in [5, 5.41) is 3.29. The minimum absolute atomic E-state index is 0.0453. The van der Waals surface area contributed by atoms with Crippen molar-refractivity contribution in [1.29, 1.82) is 0 Å². The Kier molecular flexibility index (Phi) is 4.40. The van der Waals surface area contributed by atoms with Crippen LogP contribution in [0.4, 0.5) is 5.82 Å². The Hall–Kier alpha value is -1.69. The van der Waals surface area contributed by atoms with Crippen molar-refractivity contribution in [2.75, 3.05) is 18.0 Å². The third kappa shape index (κ3) is 3.24. The van der Waals surface area contributed by atoms with Crippen LogP contribution in [0, 0.1) is 31.6 Å². The summed E-state index contributed by atoms with van der Waals surface area (Å²) in [6.07, 6.45) is 5.48. The maximum Gasteiger partial charge on any atom is 0.225 e. The molecule has 4 unspecified atom stereocenters. The van der Waals surface area contributed by atoms with Crippen LogP contribution < -0.4 is 16.0 Å². The van der Waals surface area contributed by atoms with Crippen molar-refractivity contribution in [2.24, 2.45) is 23.5 Å². The van der Waals surface area contributed by atoms with Crippen molar-refractivity contribution in [3.63, 3.8) is 0 Å². The molecular formula is C19H29N5O. The SMILES string of the molecule is Cc1cc(N2CCC(NC(=O)C3C4CCC(C4)C3N)CC2)nc(C)n1. The molecule has 2 aliphatic carbocycles. The lowest BCUT2D eigenvalue weighted by Gasteiger charge is -2.35. The average molecular weight is 343 g/mol. The monoisotopic (exact) mass is 343 g/mol. The zero-order valence-corrected chi connectivity index (χ0v) is 15.2. The molecule has 6 nitrogen and oxygen atoms in total. The van der Waals surface area contributed by atoms with Gasteiger partial charge in [0.2, 0.25) is 5.91 Å². The number of anilines is 1. The first kappa shape index (κ1) is 16.8. The van der Waals surface area contributed by atoms with Gasteiger partial charge in [-0.3, -0.25) is 4.79 Å². The third-order valence-electron chi connectivity index (χ3n) is 6.40. The van der Waals surface area contributed by atoms with Crippen molar-refractivity contribution in [3.05, 3.63) is 17.6 Å². The van der Waals surface area contributed by atoms with Gasteiger partial charge in [0.1, 0.15) is 11.6 Å². The molecule has 1 aliphatic heterocycles. The molecule has 4 rings (SSSR count). The highest BCUT2D eigenvalue weighted by Gasteiger charge is 2.49. The van der Waals surface area contributed by atoms with Crippen LogP contribution in [0.15, 0.2) is 6.07 Å². The number of piperidine rings is 1. The second-order valence-corrected chi connectivity index (χ2v) is 8.12. The van der Waals surface area contributed by atoms with Crippen LogP contribution in [0.1, 0.15) is 43.6 Å². The largest absolute Gasteiger partial charge is 0.356 e. The van der Waals surface area contributed by atoms with Gasteiger partial charge < -0.3 is 16.0 Å². The maximum atomic E-state index is 12.7. The minimum atomic E-state index is 0.0453. The van der Waals surface area contributed by atoms with E-state index in [-0.39, 0.29) is 23.9 Å². The summed E-state index contributed by atoms with van der Waals surface area (Å²) in [7, 11) is 0. The fraction of sp³-hybridized carbons (Fsp3) is 0.737. The van der Waals surface area contributed by atoms with E-state index < -0.39 is 0 Å². The fourth-order valence-corrected chi connectivity index (χ4v) is 5.13. The molecule has 2 saturated carbocycles. The van der Waals surface area contributed by atoms with Crippen LogP contribution >= 0.6 is 0 Å². The molecule has 2 bridgehead atoms. The van der Waals surface area contributed by atoms with Crippen LogP contribution in [0.2, 0.25) is 0 Å². The summed E-state index contributed by atoms with van der Waals surface area (Å²) >= 11 is 0. The van der Waals surface area contributed by atoms with Gasteiger partial charge in [-0.1, -0.05) is 0 Å². The van der Waals surface area contributed by atoms with Gasteiger partial charge in [0.15, 0.2) is 0 Å². The van der Waals surface area contributed by atoms with Crippen molar-refractivity contribution >= 4 is 11.7 Å². The van der Waals surface area contributed by atoms with Gasteiger partial charge in [-0.15, -0.1) is 0 Å². The lowest BCUT2D eigenvalue weighted by Crippen LogP contribution is -2.51. The first-order valence-electron chi connectivity index (χ1n) is 9.64. The minimum Gasteiger partial charge on any atom is -0.356 e. The molecule has 4 atom stereocenters. The van der Waals surface area contributed by atoms with E-state index in [2.05, 4.69) is 20.2 Å². The van der Waals surface area contributed by atoms with Crippen LogP contribution in [-0.4, -0.2) is 41.0 Å². The lowest BCUT2D eigenvalue weighted by molar-refractivity contribution is -0.127. The molecule has 2 heterocycles. The smallest absolute Gasteiger partial charge is 0.225 e. The number of hydrogen-bond donors (Lipinski definition) is 2. The molecular weight excluding hydrogens is 314 g/mol. The summed E-state index contributed by atoms with van der Waals surface area (Å²) in [4.78, 5) is 23.9. The van der Waals surface area contributed by atoms with E-state index in [1.807, 2.05) is 19.9 Å². The van der Waals surface area contributed by atoms with E-state index in [4.69, 9.17) is 5.73 Å². The molecule has 6 heteroatoms. The molecule has 0 aromatic carbocycles. The third-order valence-corrected chi connectivity index (χ3v) is 6.40. The Bertz CT molecular complexity index is 633. The highest BCUT2D eigenvalue weighted by molar-refractivity contribution is 5.80. The molecule has 3 N–H and O–H groups in total. The predicted molar refractivity (Wildman–Crippen MR) is 97.2 cm³/mol. The standard InChI is InChI=1S/C19H29N5O/c1-11-9-16(22-12(2)21-11)24-7-5-15(6-8-24)23-19(25)17-13-3-4-14(10-13)18(17)20/h9,13-15,17-18H,3-8,10,20H2,1-2H3,(H,23,25). The quantitative estimate of drug-likeness (QED) is 0.870. The zero-order valence-electron chi connectivity index (χ0n) is 15.2. The van der Waals surface area contributed by atoms with Crippen molar-refractivity contribution in [3.8, 4) is 0 Å². The van der Waals surface area contributed by atoms with Crippen LogP contribution in [0.3, 0.4) is 0 Å². The molecule has 3 fully saturated rings. The second kappa shape index (κ2) is 6.56. The Balaban J connectivity index is 1.32. The predicted octanol–water partition coefficient (Wildman–Crippen LogP) is 1.55. The number of rotatable bonds is 3. The van der Waals surface area contributed by atoms with Gasteiger partial charge in [-0.25, -0.2) is 9.97 Å². The fourth-order valence-electron chi connectivity index (χ4n) is 5.13. The number of aromatic nitrogens is 2. The van der Waals surface area contributed by atoms with E-state index in [9.17, 15) is 4.79 Å². The van der Waals surface area contributed by atoms with E-state index >= 15 is 0 Å². The van der Waals surface area contributed by atoms with Gasteiger partial charge in [0.25, 0.3) is 0 Å². The molecule has 136 valence electrons. The van der Waals surface area contributed by atoms with Gasteiger partial charge >= 0.3 is 0 Å². The number of carbonyl (C=O) groups is 1. The summed E-state index contributed by atoms with van der Waals surface area (Å²) < 4.78 is 0. The zero-order chi connectivity index (χ0) is 17.6. The lowest BCUT2D eigenvalue weighted by atomic mass is 9.84. The second-order valence-electron chi connectivity index (χ2n) is 8.12. The van der Waals surface area contributed by atoms with Crippen molar-refractivity contribution in [1.82, 2.24) is 15.3 Å². The van der Waals surface area contributed by atoms with Crippen LogP contribution in [0.5, 0.6) is 0 Å². The number of aryl methyl sites for hydroxylation is 2. The molecule has 0 spiro atoms. The highest BCUT2D eigenvalue weighted by Crippen LogP contribution is 2.47. The summed E-state index contributed by atoms with van der Waals surface area (Å²) in [6.45, 7) is 5.78. The number of nitrogens with one attached hydrogen (secondary N) is 1. The Morgan fingerprint density at radius 2 is 1.88 bits per heavy atom.